The van der Waals surface area contributed by atoms with Crippen molar-refractivity contribution in [1.29, 1.82) is 0 Å². The molecule has 2 aromatic rings. The summed E-state index contributed by atoms with van der Waals surface area (Å²) >= 11 is 0. The van der Waals surface area contributed by atoms with Crippen LogP contribution >= 0.6 is 0 Å². The van der Waals surface area contributed by atoms with Gasteiger partial charge in [0, 0.05) is 12.7 Å². The van der Waals surface area contributed by atoms with E-state index in [1.54, 1.807) is 6.20 Å². The van der Waals surface area contributed by atoms with E-state index < -0.39 is 0 Å². The molecule has 2 heterocycles. The van der Waals surface area contributed by atoms with E-state index in [1.165, 1.54) is 6.33 Å². The van der Waals surface area contributed by atoms with Gasteiger partial charge in [0.15, 0.2) is 11.6 Å². The van der Waals surface area contributed by atoms with Gasteiger partial charge in [0.05, 0.1) is 0 Å². The van der Waals surface area contributed by atoms with Gasteiger partial charge >= 0.3 is 0 Å². The van der Waals surface area contributed by atoms with Crippen molar-refractivity contribution in [2.45, 2.75) is 20.3 Å². The van der Waals surface area contributed by atoms with Crippen LogP contribution in [0.25, 0.3) is 0 Å². The molecule has 4 N–H and O–H groups in total. The SMILES string of the molecule is CCCNc1ncnc(Nc2cc(C)ccn2)c1N. The van der Waals surface area contributed by atoms with Crippen LogP contribution in [0.1, 0.15) is 18.9 Å². The van der Waals surface area contributed by atoms with Crippen molar-refractivity contribution < 1.29 is 0 Å². The van der Waals surface area contributed by atoms with Gasteiger partial charge in [-0.2, -0.15) is 0 Å². The number of hydrogen-bond donors (Lipinski definition) is 3. The molecular weight excluding hydrogens is 240 g/mol. The second-order valence-electron chi connectivity index (χ2n) is 4.25. The zero-order valence-electron chi connectivity index (χ0n) is 11.1. The lowest BCUT2D eigenvalue weighted by Gasteiger charge is -2.11. The van der Waals surface area contributed by atoms with Crippen LogP contribution in [-0.4, -0.2) is 21.5 Å². The number of nitrogen functional groups attached to an aromatic ring is 1. The molecule has 100 valence electrons. The van der Waals surface area contributed by atoms with Crippen molar-refractivity contribution in [2.75, 3.05) is 22.9 Å². The second-order valence-corrected chi connectivity index (χ2v) is 4.25. The minimum atomic E-state index is 0.499. The molecule has 0 bridgehead atoms. The fourth-order valence-corrected chi connectivity index (χ4v) is 1.61. The predicted molar refractivity (Wildman–Crippen MR) is 77.5 cm³/mol. The zero-order valence-corrected chi connectivity index (χ0v) is 11.1. The van der Waals surface area contributed by atoms with E-state index in [-0.39, 0.29) is 0 Å². The quantitative estimate of drug-likeness (QED) is 0.762. The van der Waals surface area contributed by atoms with Gasteiger partial charge in [0.25, 0.3) is 0 Å². The number of nitrogens with zero attached hydrogens (tertiary/aromatic N) is 3. The number of rotatable bonds is 5. The van der Waals surface area contributed by atoms with Gasteiger partial charge in [-0.15, -0.1) is 0 Å². The van der Waals surface area contributed by atoms with Crippen LogP contribution < -0.4 is 16.4 Å². The normalized spacial score (nSPS) is 10.2. The van der Waals surface area contributed by atoms with E-state index in [9.17, 15) is 0 Å². The van der Waals surface area contributed by atoms with Crippen LogP contribution in [0.5, 0.6) is 0 Å². The van der Waals surface area contributed by atoms with E-state index in [4.69, 9.17) is 5.73 Å². The monoisotopic (exact) mass is 258 g/mol. The van der Waals surface area contributed by atoms with E-state index >= 15 is 0 Å². The fraction of sp³-hybridized carbons (Fsp3) is 0.308. The van der Waals surface area contributed by atoms with Gasteiger partial charge in [-0.3, -0.25) is 0 Å². The predicted octanol–water partition coefficient (Wildman–Crippen LogP) is 2.33. The molecule has 0 saturated heterocycles. The lowest BCUT2D eigenvalue weighted by atomic mass is 10.3. The Bertz CT molecular complexity index is 555. The van der Waals surface area contributed by atoms with Crippen LogP contribution in [0, 0.1) is 6.92 Å². The van der Waals surface area contributed by atoms with E-state index in [2.05, 4.69) is 32.5 Å². The Hall–Kier alpha value is -2.37. The molecule has 0 aliphatic rings. The van der Waals surface area contributed by atoms with Crippen molar-refractivity contribution in [2.24, 2.45) is 0 Å². The summed E-state index contributed by atoms with van der Waals surface area (Å²) in [6.07, 6.45) is 4.23. The highest BCUT2D eigenvalue weighted by atomic mass is 15.1. The Morgan fingerprint density at radius 1 is 1.21 bits per heavy atom. The van der Waals surface area contributed by atoms with Crippen LogP contribution in [0.4, 0.5) is 23.1 Å². The Labute approximate surface area is 112 Å². The van der Waals surface area contributed by atoms with Crippen molar-refractivity contribution in [3.05, 3.63) is 30.2 Å². The molecule has 0 unspecified atom stereocenters. The van der Waals surface area contributed by atoms with E-state index in [0.717, 1.165) is 18.5 Å². The molecule has 0 spiro atoms. The zero-order chi connectivity index (χ0) is 13.7. The molecule has 6 heteroatoms. The first-order chi connectivity index (χ1) is 9.20. The summed E-state index contributed by atoms with van der Waals surface area (Å²) in [6, 6.07) is 3.86. The Kier molecular flexibility index (Phi) is 4.12. The average Bonchev–Trinajstić information content (AvgIpc) is 2.40. The summed E-state index contributed by atoms with van der Waals surface area (Å²) in [5.74, 6) is 1.92. The molecular formula is C13H18N6. The maximum atomic E-state index is 6.03. The van der Waals surface area contributed by atoms with Gasteiger partial charge in [-0.1, -0.05) is 6.92 Å². The third-order valence-electron chi connectivity index (χ3n) is 2.59. The van der Waals surface area contributed by atoms with Crippen molar-refractivity contribution in [1.82, 2.24) is 15.0 Å². The van der Waals surface area contributed by atoms with Crippen LogP contribution in [0.3, 0.4) is 0 Å². The Morgan fingerprint density at radius 3 is 2.74 bits per heavy atom. The van der Waals surface area contributed by atoms with Crippen molar-refractivity contribution in [3.8, 4) is 0 Å². The number of nitrogens with one attached hydrogen (secondary N) is 2. The van der Waals surface area contributed by atoms with Crippen LogP contribution in [0.15, 0.2) is 24.7 Å². The molecule has 0 aromatic carbocycles. The average molecular weight is 258 g/mol. The molecule has 19 heavy (non-hydrogen) atoms. The van der Waals surface area contributed by atoms with Crippen molar-refractivity contribution in [3.63, 3.8) is 0 Å². The van der Waals surface area contributed by atoms with Gasteiger partial charge in [-0.05, 0) is 31.0 Å². The second kappa shape index (κ2) is 5.99. The fourth-order valence-electron chi connectivity index (χ4n) is 1.61. The molecule has 0 aliphatic carbocycles. The molecule has 0 fully saturated rings. The van der Waals surface area contributed by atoms with E-state index in [0.29, 0.717) is 23.1 Å². The summed E-state index contributed by atoms with van der Waals surface area (Å²) < 4.78 is 0. The molecule has 2 rings (SSSR count). The van der Waals surface area contributed by atoms with Gasteiger partial charge in [0.1, 0.15) is 17.8 Å². The lowest BCUT2D eigenvalue weighted by molar-refractivity contribution is 0.966. The standard InChI is InChI=1S/C13H18N6/c1-3-5-16-12-11(14)13(18-8-17-12)19-10-7-9(2)4-6-15-10/h4,6-8H,3,5,14H2,1-2H3,(H2,15,16,17,18,19). The molecule has 2 aromatic heterocycles. The smallest absolute Gasteiger partial charge is 0.160 e. The highest BCUT2D eigenvalue weighted by molar-refractivity contribution is 5.76. The molecule has 0 aliphatic heterocycles. The summed E-state index contributed by atoms with van der Waals surface area (Å²) in [7, 11) is 0. The number of nitrogens with two attached hydrogens (primary N) is 1. The maximum absolute atomic E-state index is 6.03. The van der Waals surface area contributed by atoms with Crippen molar-refractivity contribution >= 4 is 23.1 Å². The highest BCUT2D eigenvalue weighted by Crippen LogP contribution is 2.24. The van der Waals surface area contributed by atoms with Gasteiger partial charge in [-0.25, -0.2) is 15.0 Å². The number of pyridine rings is 1. The van der Waals surface area contributed by atoms with Gasteiger partial charge in [0.2, 0.25) is 0 Å². The molecule has 6 nitrogen and oxygen atoms in total. The Morgan fingerprint density at radius 2 is 2.00 bits per heavy atom. The molecule has 0 saturated carbocycles. The minimum absolute atomic E-state index is 0.499. The summed E-state index contributed by atoms with van der Waals surface area (Å²) in [5.41, 5.74) is 7.65. The lowest BCUT2D eigenvalue weighted by Crippen LogP contribution is -2.08. The molecule has 0 amide bonds. The van der Waals surface area contributed by atoms with Crippen LogP contribution in [-0.2, 0) is 0 Å². The number of aryl methyl sites for hydroxylation is 1. The molecule has 0 radical (unpaired) electrons. The number of hydrogen-bond acceptors (Lipinski definition) is 6. The summed E-state index contributed by atoms with van der Waals surface area (Å²) in [4.78, 5) is 12.5. The first-order valence-electron chi connectivity index (χ1n) is 6.24. The maximum Gasteiger partial charge on any atom is 0.160 e. The van der Waals surface area contributed by atoms with Crippen LogP contribution in [0.2, 0.25) is 0 Å². The minimum Gasteiger partial charge on any atom is -0.393 e. The van der Waals surface area contributed by atoms with E-state index in [1.807, 2.05) is 19.1 Å². The first kappa shape index (κ1) is 13.1. The third-order valence-corrected chi connectivity index (χ3v) is 2.59. The first-order valence-corrected chi connectivity index (χ1v) is 6.24. The molecule has 0 atom stereocenters. The highest BCUT2D eigenvalue weighted by Gasteiger charge is 2.08. The third kappa shape index (κ3) is 3.31. The van der Waals surface area contributed by atoms with Gasteiger partial charge < -0.3 is 16.4 Å². The Balaban J connectivity index is 2.20. The topological polar surface area (TPSA) is 88.8 Å². The number of aromatic nitrogens is 3. The summed E-state index contributed by atoms with van der Waals surface area (Å²) in [5, 5.41) is 6.27. The number of anilines is 4. The summed E-state index contributed by atoms with van der Waals surface area (Å²) in [6.45, 7) is 4.91. The largest absolute Gasteiger partial charge is 0.393 e.